The van der Waals surface area contributed by atoms with Crippen molar-refractivity contribution in [3.05, 3.63) is 39.1 Å². The van der Waals surface area contributed by atoms with Crippen molar-refractivity contribution in [1.82, 2.24) is 14.7 Å². The number of likely N-dealkylation sites (N-methyl/N-ethyl adjacent to an activating group) is 1. The molecule has 0 radical (unpaired) electrons. The van der Waals surface area contributed by atoms with Crippen molar-refractivity contribution in [2.75, 3.05) is 20.2 Å². The first-order valence-corrected chi connectivity index (χ1v) is 12.4. The lowest BCUT2D eigenvalue weighted by Gasteiger charge is -2.20. The maximum Gasteiger partial charge on any atom is 0.416 e. The van der Waals surface area contributed by atoms with E-state index in [4.69, 9.17) is 4.74 Å². The molecule has 1 amide bonds. The molecule has 6 nitrogen and oxygen atoms in total. The molecule has 1 aromatic heterocycles. The highest BCUT2D eigenvalue weighted by atomic mass is 32.1. The number of alkyl halides is 3. The van der Waals surface area contributed by atoms with Crippen LogP contribution in [0.2, 0.25) is 0 Å². The molecular weight excluding hydrogens is 465 g/mol. The second-order valence-electron chi connectivity index (χ2n) is 9.73. The Kier molecular flexibility index (Phi) is 8.23. The summed E-state index contributed by atoms with van der Waals surface area (Å²) in [6, 6.07) is 3.16. The van der Waals surface area contributed by atoms with Gasteiger partial charge >= 0.3 is 6.18 Å². The predicted molar refractivity (Wildman–Crippen MR) is 126 cm³/mol. The van der Waals surface area contributed by atoms with Crippen LogP contribution in [0.1, 0.15) is 74.3 Å². The Morgan fingerprint density at radius 2 is 2.03 bits per heavy atom. The van der Waals surface area contributed by atoms with Gasteiger partial charge in [-0.1, -0.05) is 45.5 Å². The van der Waals surface area contributed by atoms with Crippen LogP contribution in [-0.2, 0) is 18.1 Å². The predicted octanol–water partition coefficient (Wildman–Crippen LogP) is 5.28. The lowest BCUT2D eigenvalue weighted by molar-refractivity contribution is -0.137. The Morgan fingerprint density at radius 1 is 1.29 bits per heavy atom. The summed E-state index contributed by atoms with van der Waals surface area (Å²) in [4.78, 5) is 19.9. The van der Waals surface area contributed by atoms with Crippen LogP contribution >= 0.6 is 11.3 Å². The SMILES string of the molecule is CCCCn1nc(C(C)(C)C)sc1=NC(=O)c1cc(C(F)(F)F)ccc1OC[C@@H]1CCCN1C. The van der Waals surface area contributed by atoms with Gasteiger partial charge in [0.15, 0.2) is 0 Å². The number of halogens is 3. The van der Waals surface area contributed by atoms with Crippen LogP contribution in [0.25, 0.3) is 0 Å². The molecule has 3 rings (SSSR count). The lowest BCUT2D eigenvalue weighted by Crippen LogP contribution is -2.30. The van der Waals surface area contributed by atoms with Crippen molar-refractivity contribution in [1.29, 1.82) is 0 Å². The quantitative estimate of drug-likeness (QED) is 0.522. The van der Waals surface area contributed by atoms with E-state index < -0.39 is 17.6 Å². The minimum absolute atomic E-state index is 0.114. The molecule has 0 N–H and O–H groups in total. The molecule has 1 atom stereocenters. The third-order valence-electron chi connectivity index (χ3n) is 5.82. The van der Waals surface area contributed by atoms with Crippen molar-refractivity contribution in [2.24, 2.45) is 4.99 Å². The monoisotopic (exact) mass is 498 g/mol. The van der Waals surface area contributed by atoms with E-state index in [2.05, 4.69) is 15.0 Å². The summed E-state index contributed by atoms with van der Waals surface area (Å²) < 4.78 is 47.8. The molecule has 0 saturated carbocycles. The summed E-state index contributed by atoms with van der Waals surface area (Å²) in [5, 5.41) is 5.42. The Labute approximate surface area is 202 Å². The van der Waals surface area contributed by atoms with E-state index in [0.717, 1.165) is 49.4 Å². The molecule has 2 aromatic rings. The van der Waals surface area contributed by atoms with Gasteiger partial charge in [-0.15, -0.1) is 0 Å². The fourth-order valence-electron chi connectivity index (χ4n) is 3.67. The van der Waals surface area contributed by atoms with Crippen molar-refractivity contribution in [3.8, 4) is 5.75 Å². The molecule has 1 aliphatic heterocycles. The number of carbonyl (C=O) groups is 1. The molecule has 2 heterocycles. The molecule has 0 spiro atoms. The van der Waals surface area contributed by atoms with Crippen LogP contribution in [0.15, 0.2) is 23.2 Å². The maximum atomic E-state index is 13.4. The highest BCUT2D eigenvalue weighted by molar-refractivity contribution is 7.09. The maximum absolute atomic E-state index is 13.4. The van der Waals surface area contributed by atoms with E-state index >= 15 is 0 Å². The summed E-state index contributed by atoms with van der Waals surface area (Å²) >= 11 is 1.28. The van der Waals surface area contributed by atoms with Gasteiger partial charge < -0.3 is 9.64 Å². The van der Waals surface area contributed by atoms with Gasteiger partial charge in [0.2, 0.25) is 4.80 Å². The number of rotatable bonds is 7. The zero-order valence-electron chi connectivity index (χ0n) is 20.4. The molecule has 1 fully saturated rings. The van der Waals surface area contributed by atoms with E-state index in [9.17, 15) is 18.0 Å². The first kappa shape index (κ1) is 26.4. The molecule has 188 valence electrons. The number of hydrogen-bond donors (Lipinski definition) is 0. The molecule has 1 aromatic carbocycles. The van der Waals surface area contributed by atoms with Gasteiger partial charge in [0.25, 0.3) is 5.91 Å². The summed E-state index contributed by atoms with van der Waals surface area (Å²) in [5.74, 6) is -0.655. The van der Waals surface area contributed by atoms with Crippen molar-refractivity contribution >= 4 is 17.2 Å². The third kappa shape index (κ3) is 6.47. The number of amides is 1. The zero-order chi connectivity index (χ0) is 25.1. The second-order valence-corrected chi connectivity index (χ2v) is 10.7. The fourth-order valence-corrected chi connectivity index (χ4v) is 4.66. The van der Waals surface area contributed by atoms with Gasteiger partial charge in [-0.25, -0.2) is 4.68 Å². The number of aryl methyl sites for hydroxylation is 1. The normalized spacial score (nSPS) is 18.0. The molecule has 1 aliphatic rings. The number of unbranched alkanes of at least 4 members (excludes halogenated alkanes) is 1. The van der Waals surface area contributed by atoms with E-state index in [-0.39, 0.29) is 22.8 Å². The molecule has 34 heavy (non-hydrogen) atoms. The van der Waals surface area contributed by atoms with Crippen molar-refractivity contribution < 1.29 is 22.7 Å². The van der Waals surface area contributed by atoms with Gasteiger partial charge in [0.1, 0.15) is 17.4 Å². The standard InChI is InChI=1S/C24H33F3N4O2S/c1-6-7-13-31-22(34-21(29-31)23(2,3)4)28-20(32)18-14-16(24(25,26)27)10-11-19(18)33-15-17-9-8-12-30(17)5/h10-11,14,17H,6-9,12-13,15H2,1-5H3/t17-/m0/s1. The summed E-state index contributed by atoms with van der Waals surface area (Å²) in [6.07, 6.45) is -0.813. The largest absolute Gasteiger partial charge is 0.491 e. The molecule has 0 aliphatic carbocycles. The molecule has 1 saturated heterocycles. The van der Waals surface area contributed by atoms with Crippen LogP contribution < -0.4 is 9.54 Å². The first-order chi connectivity index (χ1) is 15.9. The number of carbonyl (C=O) groups excluding carboxylic acids is 1. The lowest BCUT2D eigenvalue weighted by atomic mass is 9.98. The number of hydrogen-bond acceptors (Lipinski definition) is 5. The van der Waals surface area contributed by atoms with Crippen LogP contribution in [0.4, 0.5) is 13.2 Å². The van der Waals surface area contributed by atoms with Crippen LogP contribution in [0.3, 0.4) is 0 Å². The average molecular weight is 499 g/mol. The van der Waals surface area contributed by atoms with Crippen LogP contribution in [-0.4, -0.2) is 46.8 Å². The Hall–Kier alpha value is -2.20. The van der Waals surface area contributed by atoms with E-state index in [1.165, 1.54) is 17.4 Å². The summed E-state index contributed by atoms with van der Waals surface area (Å²) in [5.41, 5.74) is -1.34. The molecule has 10 heteroatoms. The van der Waals surface area contributed by atoms with E-state index in [0.29, 0.717) is 18.0 Å². The number of likely N-dealkylation sites (tertiary alicyclic amines) is 1. The number of benzene rings is 1. The van der Waals surface area contributed by atoms with Gasteiger partial charge in [-0.2, -0.15) is 23.3 Å². The molecule has 0 bridgehead atoms. The first-order valence-electron chi connectivity index (χ1n) is 11.6. The van der Waals surface area contributed by atoms with Gasteiger partial charge in [0, 0.05) is 18.0 Å². The third-order valence-corrected chi connectivity index (χ3v) is 7.19. The van der Waals surface area contributed by atoms with Crippen LogP contribution in [0, 0.1) is 0 Å². The second kappa shape index (κ2) is 10.6. The highest BCUT2D eigenvalue weighted by Gasteiger charge is 2.32. The summed E-state index contributed by atoms with van der Waals surface area (Å²) in [6.45, 7) is 9.92. The smallest absolute Gasteiger partial charge is 0.416 e. The zero-order valence-corrected chi connectivity index (χ0v) is 21.2. The van der Waals surface area contributed by atoms with Gasteiger partial charge in [0.05, 0.1) is 11.1 Å². The van der Waals surface area contributed by atoms with E-state index in [1.54, 1.807) is 4.68 Å². The Morgan fingerprint density at radius 3 is 2.62 bits per heavy atom. The van der Waals surface area contributed by atoms with Gasteiger partial charge in [-0.3, -0.25) is 4.79 Å². The fraction of sp³-hybridized carbons (Fsp3) is 0.625. The minimum atomic E-state index is -4.58. The van der Waals surface area contributed by atoms with Gasteiger partial charge in [-0.05, 0) is 51.1 Å². The number of nitrogens with zero attached hydrogens (tertiary/aromatic N) is 4. The molecule has 0 unspecified atom stereocenters. The number of aromatic nitrogens is 2. The minimum Gasteiger partial charge on any atom is -0.491 e. The average Bonchev–Trinajstić information content (AvgIpc) is 3.35. The van der Waals surface area contributed by atoms with Crippen molar-refractivity contribution in [2.45, 2.75) is 77.6 Å². The highest BCUT2D eigenvalue weighted by Crippen LogP contribution is 2.33. The summed E-state index contributed by atoms with van der Waals surface area (Å²) in [7, 11) is 1.99. The molecular formula is C24H33F3N4O2S. The van der Waals surface area contributed by atoms with E-state index in [1.807, 2.05) is 34.7 Å². The number of ether oxygens (including phenoxy) is 1. The Balaban J connectivity index is 2.00. The van der Waals surface area contributed by atoms with Crippen molar-refractivity contribution in [3.63, 3.8) is 0 Å². The Bertz CT molecular complexity index is 1070. The topological polar surface area (TPSA) is 59.7 Å². The van der Waals surface area contributed by atoms with Crippen LogP contribution in [0.5, 0.6) is 5.75 Å².